The molecule has 5 heteroatoms. The summed E-state index contributed by atoms with van der Waals surface area (Å²) in [7, 11) is 0. The molecule has 1 amide bonds. The zero-order valence-corrected chi connectivity index (χ0v) is 12.4. The zero-order chi connectivity index (χ0) is 14.9. The minimum atomic E-state index is -0.318. The molecule has 3 rings (SSSR count). The third kappa shape index (κ3) is 2.97. The number of fused-ring (bicyclic) bond motifs is 1. The molecule has 1 atom stereocenters. The Bertz CT molecular complexity index is 542. The minimum Gasteiger partial charge on any atom is -0.490 e. The average molecular weight is 290 g/mol. The predicted octanol–water partition coefficient (Wildman–Crippen LogP) is 1.71. The Kier molecular flexibility index (Phi) is 3.76. The quantitative estimate of drug-likeness (QED) is 0.885. The molecule has 21 heavy (non-hydrogen) atoms. The molecule has 1 heterocycles. The summed E-state index contributed by atoms with van der Waals surface area (Å²) in [4.78, 5) is 12.5. The third-order valence-corrected chi connectivity index (χ3v) is 4.31. The Morgan fingerprint density at radius 1 is 1.33 bits per heavy atom. The maximum Gasteiger partial charge on any atom is 0.251 e. The van der Waals surface area contributed by atoms with Crippen LogP contribution in [0.1, 0.15) is 36.5 Å². The van der Waals surface area contributed by atoms with Crippen molar-refractivity contribution in [2.75, 3.05) is 19.8 Å². The van der Waals surface area contributed by atoms with E-state index in [1.54, 1.807) is 18.2 Å². The second-order valence-corrected chi connectivity index (χ2v) is 6.06. The number of carbonyl (C=O) groups is 1. The number of amides is 1. The van der Waals surface area contributed by atoms with E-state index in [9.17, 15) is 4.79 Å². The summed E-state index contributed by atoms with van der Waals surface area (Å²) in [5.74, 6) is 1.73. The molecule has 1 fully saturated rings. The van der Waals surface area contributed by atoms with Crippen molar-refractivity contribution < 1.29 is 14.3 Å². The number of nitrogens with two attached hydrogens (primary N) is 1. The van der Waals surface area contributed by atoms with Gasteiger partial charge in [0.15, 0.2) is 11.5 Å². The Balaban J connectivity index is 1.77. The number of hydrogen-bond donors (Lipinski definition) is 2. The van der Waals surface area contributed by atoms with Gasteiger partial charge in [-0.2, -0.15) is 0 Å². The van der Waals surface area contributed by atoms with Gasteiger partial charge in [-0.25, -0.2) is 0 Å². The summed E-state index contributed by atoms with van der Waals surface area (Å²) in [6.07, 6.45) is 3.12. The molecule has 1 aromatic rings. The van der Waals surface area contributed by atoms with Crippen molar-refractivity contribution in [3.05, 3.63) is 23.8 Å². The van der Waals surface area contributed by atoms with Gasteiger partial charge in [0.1, 0.15) is 0 Å². The summed E-state index contributed by atoms with van der Waals surface area (Å²) in [6.45, 7) is 3.73. The predicted molar refractivity (Wildman–Crippen MR) is 79.7 cm³/mol. The van der Waals surface area contributed by atoms with E-state index in [1.807, 2.05) is 6.92 Å². The van der Waals surface area contributed by atoms with Crippen LogP contribution in [0.3, 0.4) is 0 Å². The first-order chi connectivity index (χ1) is 10.1. The Labute approximate surface area is 124 Å². The summed E-state index contributed by atoms with van der Waals surface area (Å²) < 4.78 is 11.2. The number of rotatable bonds is 4. The lowest BCUT2D eigenvalue weighted by Crippen LogP contribution is -2.53. The van der Waals surface area contributed by atoms with Gasteiger partial charge in [0, 0.05) is 18.5 Å². The highest BCUT2D eigenvalue weighted by atomic mass is 16.5. The van der Waals surface area contributed by atoms with Gasteiger partial charge in [-0.05, 0) is 43.9 Å². The van der Waals surface area contributed by atoms with Crippen molar-refractivity contribution in [2.24, 2.45) is 11.7 Å². The van der Waals surface area contributed by atoms with Crippen LogP contribution >= 0.6 is 0 Å². The van der Waals surface area contributed by atoms with Crippen LogP contribution in [0.5, 0.6) is 11.5 Å². The van der Waals surface area contributed by atoms with Gasteiger partial charge in [-0.1, -0.05) is 0 Å². The summed E-state index contributed by atoms with van der Waals surface area (Å²) in [5.41, 5.74) is 6.11. The molecule has 1 saturated carbocycles. The molecule has 2 aliphatic rings. The summed E-state index contributed by atoms with van der Waals surface area (Å²) in [5, 5.41) is 3.08. The van der Waals surface area contributed by atoms with E-state index in [0.29, 0.717) is 42.7 Å². The van der Waals surface area contributed by atoms with Crippen LogP contribution < -0.4 is 20.5 Å². The lowest BCUT2D eigenvalue weighted by molar-refractivity contribution is 0.0897. The average Bonchev–Trinajstić information content (AvgIpc) is 3.33. The van der Waals surface area contributed by atoms with Crippen LogP contribution in [0.4, 0.5) is 0 Å². The molecule has 1 aliphatic heterocycles. The van der Waals surface area contributed by atoms with Gasteiger partial charge in [0.05, 0.1) is 18.8 Å². The molecule has 3 N–H and O–H groups in total. The maximum atomic E-state index is 12.5. The molecule has 114 valence electrons. The number of carbonyl (C=O) groups excluding carboxylic acids is 1. The highest BCUT2D eigenvalue weighted by Crippen LogP contribution is 2.39. The molecule has 1 aliphatic carbocycles. The van der Waals surface area contributed by atoms with Crippen LogP contribution in [0.15, 0.2) is 18.2 Å². The van der Waals surface area contributed by atoms with Crippen LogP contribution in [-0.4, -0.2) is 31.2 Å². The van der Waals surface area contributed by atoms with Gasteiger partial charge in [0.2, 0.25) is 0 Å². The summed E-state index contributed by atoms with van der Waals surface area (Å²) in [6, 6.07) is 5.32. The second-order valence-electron chi connectivity index (χ2n) is 6.06. The van der Waals surface area contributed by atoms with Gasteiger partial charge in [0.25, 0.3) is 5.91 Å². The molecule has 0 saturated heterocycles. The van der Waals surface area contributed by atoms with Crippen molar-refractivity contribution in [3.8, 4) is 11.5 Å². The van der Waals surface area contributed by atoms with Crippen LogP contribution in [0.2, 0.25) is 0 Å². The number of benzene rings is 1. The van der Waals surface area contributed by atoms with E-state index in [2.05, 4.69) is 5.32 Å². The largest absolute Gasteiger partial charge is 0.490 e. The lowest BCUT2D eigenvalue weighted by atomic mass is 9.95. The van der Waals surface area contributed by atoms with Crippen LogP contribution in [0, 0.1) is 5.92 Å². The standard InChI is InChI=1S/C16H22N2O3/c1-16(10-17,12-4-5-12)18-15(19)11-3-6-13-14(9-11)21-8-2-7-20-13/h3,6,9,12H,2,4-5,7-8,10,17H2,1H3,(H,18,19). The van der Waals surface area contributed by atoms with Crippen molar-refractivity contribution in [3.63, 3.8) is 0 Å². The van der Waals surface area contributed by atoms with Crippen molar-refractivity contribution >= 4 is 5.91 Å². The Morgan fingerprint density at radius 2 is 2.05 bits per heavy atom. The number of hydrogen-bond acceptors (Lipinski definition) is 4. The summed E-state index contributed by atoms with van der Waals surface area (Å²) >= 11 is 0. The second kappa shape index (κ2) is 5.56. The molecule has 5 nitrogen and oxygen atoms in total. The molecule has 1 unspecified atom stereocenters. The fraction of sp³-hybridized carbons (Fsp3) is 0.562. The van der Waals surface area contributed by atoms with Gasteiger partial charge < -0.3 is 20.5 Å². The first-order valence-electron chi connectivity index (χ1n) is 7.54. The number of nitrogens with one attached hydrogen (secondary N) is 1. The molecule has 0 bridgehead atoms. The molecule has 1 aromatic carbocycles. The minimum absolute atomic E-state index is 0.106. The lowest BCUT2D eigenvalue weighted by Gasteiger charge is -2.29. The van der Waals surface area contributed by atoms with Crippen molar-refractivity contribution in [1.82, 2.24) is 5.32 Å². The van der Waals surface area contributed by atoms with Gasteiger partial charge in [-0.15, -0.1) is 0 Å². The van der Waals surface area contributed by atoms with Crippen LogP contribution in [-0.2, 0) is 0 Å². The fourth-order valence-electron chi connectivity index (χ4n) is 2.68. The van der Waals surface area contributed by atoms with Gasteiger partial charge in [-0.3, -0.25) is 4.79 Å². The normalized spacial score (nSPS) is 20.3. The van der Waals surface area contributed by atoms with Crippen LogP contribution in [0.25, 0.3) is 0 Å². The highest BCUT2D eigenvalue weighted by Gasteiger charge is 2.41. The van der Waals surface area contributed by atoms with E-state index in [0.717, 1.165) is 19.3 Å². The molecular weight excluding hydrogens is 268 g/mol. The molecular formula is C16H22N2O3. The molecule has 0 spiro atoms. The zero-order valence-electron chi connectivity index (χ0n) is 12.4. The van der Waals surface area contributed by atoms with E-state index in [4.69, 9.17) is 15.2 Å². The van der Waals surface area contributed by atoms with E-state index < -0.39 is 0 Å². The first kappa shape index (κ1) is 14.2. The number of ether oxygens (including phenoxy) is 2. The van der Waals surface area contributed by atoms with Crippen molar-refractivity contribution in [1.29, 1.82) is 0 Å². The van der Waals surface area contributed by atoms with Gasteiger partial charge >= 0.3 is 0 Å². The maximum absolute atomic E-state index is 12.5. The first-order valence-corrected chi connectivity index (χ1v) is 7.54. The van der Waals surface area contributed by atoms with E-state index >= 15 is 0 Å². The SMILES string of the molecule is CC(CN)(NC(=O)c1ccc2c(c1)OCCCO2)C1CC1. The highest BCUT2D eigenvalue weighted by molar-refractivity contribution is 5.95. The van der Waals surface area contributed by atoms with E-state index in [-0.39, 0.29) is 11.4 Å². The topological polar surface area (TPSA) is 73.6 Å². The molecule has 0 aromatic heterocycles. The smallest absolute Gasteiger partial charge is 0.251 e. The monoisotopic (exact) mass is 290 g/mol. The fourth-order valence-corrected chi connectivity index (χ4v) is 2.68. The Morgan fingerprint density at radius 3 is 2.71 bits per heavy atom. The molecule has 0 radical (unpaired) electrons. The Hall–Kier alpha value is -1.75. The van der Waals surface area contributed by atoms with Crippen molar-refractivity contribution in [2.45, 2.75) is 31.7 Å². The van der Waals surface area contributed by atoms with E-state index in [1.165, 1.54) is 0 Å². The third-order valence-electron chi connectivity index (χ3n) is 4.31.